The van der Waals surface area contributed by atoms with E-state index < -0.39 is 4.92 Å². The zero-order chi connectivity index (χ0) is 20.6. The molecule has 0 aliphatic heterocycles. The van der Waals surface area contributed by atoms with Gasteiger partial charge in [0.1, 0.15) is 6.61 Å². The largest absolute Gasteiger partial charge is 0.493 e. The van der Waals surface area contributed by atoms with Crippen molar-refractivity contribution in [2.75, 3.05) is 7.11 Å². The molecule has 29 heavy (non-hydrogen) atoms. The average Bonchev–Trinajstić information content (AvgIpc) is 3.28. The second-order valence-corrected chi connectivity index (χ2v) is 6.75. The average molecular weight is 411 g/mol. The molecule has 1 aromatic heterocycles. The number of nitro groups is 1. The third-order valence-electron chi connectivity index (χ3n) is 3.85. The minimum Gasteiger partial charge on any atom is -0.493 e. The smallest absolute Gasteiger partial charge is 0.281 e. The maximum absolute atomic E-state index is 11.9. The zero-order valence-corrected chi connectivity index (χ0v) is 16.2. The first kappa shape index (κ1) is 20.0. The normalized spacial score (nSPS) is 10.7. The summed E-state index contributed by atoms with van der Waals surface area (Å²) in [6, 6.07) is 14.9. The summed E-state index contributed by atoms with van der Waals surface area (Å²) in [4.78, 5) is 22.7. The lowest BCUT2D eigenvalue weighted by atomic mass is 10.2. The highest BCUT2D eigenvalue weighted by molar-refractivity contribution is 7.12. The van der Waals surface area contributed by atoms with Gasteiger partial charge in [-0.2, -0.15) is 5.10 Å². The Morgan fingerprint density at radius 1 is 1.21 bits per heavy atom. The lowest BCUT2D eigenvalue weighted by Crippen LogP contribution is -2.16. The van der Waals surface area contributed by atoms with Crippen LogP contribution in [0.2, 0.25) is 0 Å². The highest BCUT2D eigenvalue weighted by Crippen LogP contribution is 2.28. The van der Waals surface area contributed by atoms with E-state index in [1.165, 1.54) is 36.8 Å². The molecule has 2 aromatic carbocycles. The van der Waals surface area contributed by atoms with E-state index in [0.29, 0.717) is 16.4 Å². The molecule has 1 N–H and O–H groups in total. The zero-order valence-electron chi connectivity index (χ0n) is 15.4. The summed E-state index contributed by atoms with van der Waals surface area (Å²) in [5.74, 6) is 0.748. The van der Waals surface area contributed by atoms with E-state index in [0.717, 1.165) is 11.1 Å². The second kappa shape index (κ2) is 9.47. The number of amides is 1. The molecule has 0 aliphatic carbocycles. The molecule has 0 aliphatic rings. The van der Waals surface area contributed by atoms with Gasteiger partial charge in [0.2, 0.25) is 0 Å². The topological polar surface area (TPSA) is 103 Å². The third-order valence-corrected chi connectivity index (χ3v) is 4.72. The number of nitro benzene ring substituents is 1. The Labute approximate surface area is 170 Å². The van der Waals surface area contributed by atoms with Gasteiger partial charge in [-0.25, -0.2) is 5.43 Å². The molecule has 9 heteroatoms. The fourth-order valence-electron chi connectivity index (χ4n) is 2.39. The summed E-state index contributed by atoms with van der Waals surface area (Å²) in [6.45, 7) is 0.235. The Balaban J connectivity index is 1.61. The van der Waals surface area contributed by atoms with E-state index >= 15 is 0 Å². The van der Waals surface area contributed by atoms with Gasteiger partial charge in [0, 0.05) is 12.1 Å². The first-order valence-corrected chi connectivity index (χ1v) is 9.36. The number of methoxy groups -OCH3 is 1. The molecular formula is C20H17N3O5S. The van der Waals surface area contributed by atoms with Crippen LogP contribution >= 0.6 is 11.3 Å². The molecule has 1 amide bonds. The number of thiophene rings is 1. The van der Waals surface area contributed by atoms with E-state index in [9.17, 15) is 14.9 Å². The molecule has 8 nitrogen and oxygen atoms in total. The number of hydrogen-bond acceptors (Lipinski definition) is 7. The second-order valence-electron chi connectivity index (χ2n) is 5.80. The number of nitrogens with one attached hydrogen (secondary N) is 1. The van der Waals surface area contributed by atoms with E-state index in [-0.39, 0.29) is 18.2 Å². The van der Waals surface area contributed by atoms with Gasteiger partial charge in [-0.05, 0) is 52.9 Å². The number of benzene rings is 2. The monoisotopic (exact) mass is 411 g/mol. The number of non-ortho nitro benzene ring substituents is 1. The van der Waals surface area contributed by atoms with Crippen LogP contribution in [0.1, 0.15) is 20.8 Å². The quantitative estimate of drug-likeness (QED) is 0.343. The Hall–Kier alpha value is -3.72. The fraction of sp³-hybridized carbons (Fsp3) is 0.100. The van der Waals surface area contributed by atoms with Gasteiger partial charge < -0.3 is 9.47 Å². The standard InChI is InChI=1S/C20H17N3O5S/c1-27-18-11-15(12-21-22-20(24)19-3-2-10-29-19)6-9-17(18)28-13-14-4-7-16(8-5-14)23(25)26/h2-12H,13H2,1H3,(H,22,24)/b21-12+. The molecule has 0 saturated heterocycles. The van der Waals surface area contributed by atoms with Crippen LogP contribution in [0.4, 0.5) is 5.69 Å². The van der Waals surface area contributed by atoms with Gasteiger partial charge in [0.15, 0.2) is 11.5 Å². The molecule has 0 fully saturated rings. The highest BCUT2D eigenvalue weighted by Gasteiger charge is 2.08. The van der Waals surface area contributed by atoms with Crippen molar-refractivity contribution in [2.24, 2.45) is 5.10 Å². The van der Waals surface area contributed by atoms with Gasteiger partial charge in [-0.15, -0.1) is 11.3 Å². The van der Waals surface area contributed by atoms with Crippen molar-refractivity contribution in [2.45, 2.75) is 6.61 Å². The van der Waals surface area contributed by atoms with Gasteiger partial charge in [0.25, 0.3) is 11.6 Å². The van der Waals surface area contributed by atoms with Gasteiger partial charge in [-0.3, -0.25) is 14.9 Å². The number of nitrogens with zero attached hydrogens (tertiary/aromatic N) is 2. The van der Waals surface area contributed by atoms with Crippen LogP contribution in [0.5, 0.6) is 11.5 Å². The number of carbonyl (C=O) groups excluding carboxylic acids is 1. The fourth-order valence-corrected chi connectivity index (χ4v) is 3.00. The maximum Gasteiger partial charge on any atom is 0.281 e. The van der Waals surface area contributed by atoms with Crippen LogP contribution in [-0.4, -0.2) is 24.2 Å². The van der Waals surface area contributed by atoms with Crippen molar-refractivity contribution in [3.05, 3.63) is 86.1 Å². The molecule has 0 saturated carbocycles. The Morgan fingerprint density at radius 3 is 2.66 bits per heavy atom. The molecule has 3 aromatic rings. The molecule has 0 atom stereocenters. The maximum atomic E-state index is 11.9. The van der Waals surface area contributed by atoms with Crippen molar-refractivity contribution in [1.82, 2.24) is 5.43 Å². The first-order valence-electron chi connectivity index (χ1n) is 8.48. The van der Waals surface area contributed by atoms with Gasteiger partial charge >= 0.3 is 0 Å². The van der Waals surface area contributed by atoms with Crippen molar-refractivity contribution >= 4 is 29.1 Å². The van der Waals surface area contributed by atoms with E-state index in [1.54, 1.807) is 42.5 Å². The predicted molar refractivity (Wildman–Crippen MR) is 110 cm³/mol. The van der Waals surface area contributed by atoms with Gasteiger partial charge in [-0.1, -0.05) is 6.07 Å². The molecule has 0 bridgehead atoms. The number of ether oxygens (including phenoxy) is 2. The molecule has 148 valence electrons. The van der Waals surface area contributed by atoms with E-state index in [4.69, 9.17) is 9.47 Å². The molecular weight excluding hydrogens is 394 g/mol. The lowest BCUT2D eigenvalue weighted by molar-refractivity contribution is -0.384. The molecule has 1 heterocycles. The lowest BCUT2D eigenvalue weighted by Gasteiger charge is -2.11. The van der Waals surface area contributed by atoms with Crippen LogP contribution in [-0.2, 0) is 6.61 Å². The summed E-state index contributed by atoms with van der Waals surface area (Å²) < 4.78 is 11.1. The highest BCUT2D eigenvalue weighted by atomic mass is 32.1. The minimum absolute atomic E-state index is 0.0288. The summed E-state index contributed by atoms with van der Waals surface area (Å²) in [6.07, 6.45) is 1.51. The summed E-state index contributed by atoms with van der Waals surface area (Å²) in [5.41, 5.74) is 4.00. The van der Waals surface area contributed by atoms with Crippen LogP contribution in [0, 0.1) is 10.1 Å². The van der Waals surface area contributed by atoms with E-state index in [1.807, 2.05) is 5.38 Å². The van der Waals surface area contributed by atoms with Crippen molar-refractivity contribution in [3.63, 3.8) is 0 Å². The number of hydrazone groups is 1. The first-order chi connectivity index (χ1) is 14.1. The van der Waals surface area contributed by atoms with Crippen molar-refractivity contribution in [3.8, 4) is 11.5 Å². The van der Waals surface area contributed by atoms with Crippen molar-refractivity contribution < 1.29 is 19.2 Å². The molecule has 0 unspecified atom stereocenters. The SMILES string of the molecule is COc1cc(/C=N/NC(=O)c2cccs2)ccc1OCc1ccc([N+](=O)[O-])cc1. The minimum atomic E-state index is -0.448. The number of rotatable bonds is 8. The van der Waals surface area contributed by atoms with Crippen molar-refractivity contribution in [1.29, 1.82) is 0 Å². The number of hydrogen-bond donors (Lipinski definition) is 1. The van der Waals surface area contributed by atoms with Crippen LogP contribution in [0.3, 0.4) is 0 Å². The Morgan fingerprint density at radius 2 is 2.00 bits per heavy atom. The van der Waals surface area contributed by atoms with Crippen LogP contribution in [0.25, 0.3) is 0 Å². The van der Waals surface area contributed by atoms with E-state index in [2.05, 4.69) is 10.5 Å². The van der Waals surface area contributed by atoms with Gasteiger partial charge in [0.05, 0.1) is 23.1 Å². The predicted octanol–water partition coefficient (Wildman–Crippen LogP) is 4.01. The van der Waals surface area contributed by atoms with Crippen LogP contribution in [0.15, 0.2) is 65.1 Å². The summed E-state index contributed by atoms with van der Waals surface area (Å²) in [5, 5.41) is 16.5. The molecule has 3 rings (SSSR count). The summed E-state index contributed by atoms with van der Waals surface area (Å²) in [7, 11) is 1.52. The molecule has 0 radical (unpaired) electrons. The third kappa shape index (κ3) is 5.39. The Bertz CT molecular complexity index is 1020. The molecule has 0 spiro atoms. The summed E-state index contributed by atoms with van der Waals surface area (Å²) >= 11 is 1.34. The Kier molecular flexibility index (Phi) is 6.54. The van der Waals surface area contributed by atoms with Crippen LogP contribution < -0.4 is 14.9 Å². The number of carbonyl (C=O) groups is 1.